The molecule has 5 aromatic rings. The molecule has 46 heavy (non-hydrogen) atoms. The zero-order chi connectivity index (χ0) is 33.0. The minimum atomic E-state index is -4.65. The van der Waals surface area contributed by atoms with Gasteiger partial charge in [0.1, 0.15) is 34.3 Å². The van der Waals surface area contributed by atoms with E-state index in [1.165, 1.54) is 26.4 Å². The van der Waals surface area contributed by atoms with E-state index in [0.29, 0.717) is 11.3 Å². The topological polar surface area (TPSA) is 104 Å². The summed E-state index contributed by atoms with van der Waals surface area (Å²) >= 11 is 0. The number of rotatable bonds is 9. The first-order chi connectivity index (χ1) is 21.8. The Balaban J connectivity index is 1.44. The lowest BCUT2D eigenvalue weighted by molar-refractivity contribution is -0.148. The van der Waals surface area contributed by atoms with Crippen LogP contribution >= 0.6 is 0 Å². The standard InChI is InChI=1S/C31H24F5N3O6S/c1-43-19-6-3-17(4-7-19)16-38(29-9-10-45-37-29)46(41,42)28-11-18-5-8-30(40)39(25(18)15-24(28)33)26-14-23(32)21(13-27(26)44-2)20-12-22(20)31(34,35)36/h3-11,13-15,20,22H,12,16H2,1-2H3/t20-,22+/m1/s1. The Kier molecular flexibility index (Phi) is 7.74. The van der Waals surface area contributed by atoms with Gasteiger partial charge in [0.05, 0.1) is 37.9 Å². The molecule has 240 valence electrons. The Morgan fingerprint density at radius 3 is 2.33 bits per heavy atom. The second kappa shape index (κ2) is 11.5. The molecule has 0 aliphatic heterocycles. The van der Waals surface area contributed by atoms with Gasteiger partial charge in [-0.05, 0) is 53.8 Å². The average Bonchev–Trinajstić information content (AvgIpc) is 3.66. The van der Waals surface area contributed by atoms with Gasteiger partial charge in [-0.15, -0.1) is 0 Å². The highest BCUT2D eigenvalue weighted by Crippen LogP contribution is 2.57. The van der Waals surface area contributed by atoms with Crippen LogP contribution in [0.1, 0.15) is 23.5 Å². The van der Waals surface area contributed by atoms with Crippen molar-refractivity contribution in [2.24, 2.45) is 5.92 Å². The predicted molar refractivity (Wildman–Crippen MR) is 156 cm³/mol. The molecule has 0 amide bonds. The first-order valence-electron chi connectivity index (χ1n) is 13.7. The maximum Gasteiger partial charge on any atom is 0.392 e. The van der Waals surface area contributed by atoms with Crippen LogP contribution in [-0.2, 0) is 16.6 Å². The smallest absolute Gasteiger partial charge is 0.392 e. The van der Waals surface area contributed by atoms with E-state index in [2.05, 4.69) is 5.16 Å². The van der Waals surface area contributed by atoms with Gasteiger partial charge in [0.25, 0.3) is 15.6 Å². The molecule has 1 aliphatic rings. The van der Waals surface area contributed by atoms with Crippen LogP contribution in [-0.4, -0.2) is 38.5 Å². The van der Waals surface area contributed by atoms with Crippen molar-refractivity contribution < 1.29 is 44.4 Å². The maximum atomic E-state index is 15.9. The normalized spacial score (nSPS) is 16.4. The van der Waals surface area contributed by atoms with Gasteiger partial charge in [-0.25, -0.2) is 21.5 Å². The van der Waals surface area contributed by atoms with Gasteiger partial charge in [-0.2, -0.15) is 13.2 Å². The number of anilines is 1. The lowest BCUT2D eigenvalue weighted by Gasteiger charge is -2.23. The third-order valence-corrected chi connectivity index (χ3v) is 9.60. The summed E-state index contributed by atoms with van der Waals surface area (Å²) in [6.45, 7) is -0.255. The second-order valence-corrected chi connectivity index (χ2v) is 12.4. The number of halogens is 5. The molecule has 0 saturated heterocycles. The number of aromatic nitrogens is 2. The van der Waals surface area contributed by atoms with E-state index >= 15 is 8.78 Å². The van der Waals surface area contributed by atoms with Crippen LogP contribution in [0.4, 0.5) is 27.8 Å². The Bertz CT molecular complexity index is 2100. The molecule has 9 nitrogen and oxygen atoms in total. The second-order valence-electron chi connectivity index (χ2n) is 10.6. The quantitative estimate of drug-likeness (QED) is 0.170. The summed E-state index contributed by atoms with van der Waals surface area (Å²) in [5.74, 6) is -4.76. The van der Waals surface area contributed by atoms with E-state index in [9.17, 15) is 26.4 Å². The highest BCUT2D eigenvalue weighted by Gasteiger charge is 2.57. The van der Waals surface area contributed by atoms with E-state index in [0.717, 1.165) is 45.5 Å². The minimum Gasteiger partial charge on any atom is -0.497 e. The number of hydrogen-bond acceptors (Lipinski definition) is 7. The summed E-state index contributed by atoms with van der Waals surface area (Å²) in [5, 5.41) is 3.81. The molecule has 2 atom stereocenters. The van der Waals surface area contributed by atoms with Crippen molar-refractivity contribution in [3.8, 4) is 17.2 Å². The number of sulfonamides is 1. The van der Waals surface area contributed by atoms with Crippen molar-refractivity contribution in [3.05, 3.63) is 106 Å². The first-order valence-corrected chi connectivity index (χ1v) is 15.1. The monoisotopic (exact) mass is 661 g/mol. The fraction of sp³-hybridized carbons (Fsp3) is 0.226. The van der Waals surface area contributed by atoms with Crippen molar-refractivity contribution in [1.82, 2.24) is 9.72 Å². The summed E-state index contributed by atoms with van der Waals surface area (Å²) in [5.41, 5.74) is -0.802. The molecule has 2 heterocycles. The zero-order valence-corrected chi connectivity index (χ0v) is 24.9. The molecule has 0 N–H and O–H groups in total. The van der Waals surface area contributed by atoms with Gasteiger partial charge in [-0.1, -0.05) is 17.3 Å². The highest BCUT2D eigenvalue weighted by atomic mass is 32.2. The number of ether oxygens (including phenoxy) is 2. The van der Waals surface area contributed by atoms with Crippen LogP contribution in [0.25, 0.3) is 16.6 Å². The zero-order valence-electron chi connectivity index (χ0n) is 24.1. The van der Waals surface area contributed by atoms with E-state index in [4.69, 9.17) is 14.0 Å². The minimum absolute atomic E-state index is 0.0787. The summed E-state index contributed by atoms with van der Waals surface area (Å²) in [4.78, 5) is 12.3. The molecular formula is C31H24F5N3O6S. The van der Waals surface area contributed by atoms with Crippen LogP contribution in [0.15, 0.2) is 87.2 Å². The van der Waals surface area contributed by atoms with Crippen molar-refractivity contribution >= 4 is 26.7 Å². The molecule has 15 heteroatoms. The van der Waals surface area contributed by atoms with Crippen LogP contribution in [0.2, 0.25) is 0 Å². The number of alkyl halides is 3. The van der Waals surface area contributed by atoms with Gasteiger partial charge >= 0.3 is 6.18 Å². The van der Waals surface area contributed by atoms with Crippen molar-refractivity contribution in [2.75, 3.05) is 18.5 Å². The van der Waals surface area contributed by atoms with Gasteiger partial charge in [-0.3, -0.25) is 9.36 Å². The molecule has 1 saturated carbocycles. The fourth-order valence-electron chi connectivity index (χ4n) is 5.41. The van der Waals surface area contributed by atoms with Crippen LogP contribution < -0.4 is 19.3 Å². The predicted octanol–water partition coefficient (Wildman–Crippen LogP) is 6.34. The van der Waals surface area contributed by atoms with Gasteiger partial charge in [0.15, 0.2) is 5.82 Å². The molecule has 0 bridgehead atoms. The van der Waals surface area contributed by atoms with Crippen molar-refractivity contribution in [3.63, 3.8) is 0 Å². The number of benzene rings is 3. The fourth-order valence-corrected chi connectivity index (χ4v) is 6.89. The van der Waals surface area contributed by atoms with E-state index in [-0.39, 0.29) is 46.7 Å². The van der Waals surface area contributed by atoms with Crippen LogP contribution in [0.5, 0.6) is 11.5 Å². The Hall–Kier alpha value is -4.92. The molecule has 0 spiro atoms. The van der Waals surface area contributed by atoms with Crippen molar-refractivity contribution in [1.29, 1.82) is 0 Å². The van der Waals surface area contributed by atoms with E-state index in [1.54, 1.807) is 24.3 Å². The lowest BCUT2D eigenvalue weighted by Crippen LogP contribution is -2.31. The van der Waals surface area contributed by atoms with E-state index in [1.807, 2.05) is 0 Å². The Morgan fingerprint density at radius 2 is 1.72 bits per heavy atom. The molecular weight excluding hydrogens is 637 g/mol. The average molecular weight is 662 g/mol. The van der Waals surface area contributed by atoms with Gasteiger partial charge in [0.2, 0.25) is 0 Å². The molecule has 0 radical (unpaired) electrons. The highest BCUT2D eigenvalue weighted by molar-refractivity contribution is 7.92. The third kappa shape index (κ3) is 5.55. The number of fused-ring (bicyclic) bond motifs is 1. The largest absolute Gasteiger partial charge is 0.497 e. The Morgan fingerprint density at radius 1 is 0.978 bits per heavy atom. The maximum absolute atomic E-state index is 15.9. The SMILES string of the molecule is COc1ccc(CN(c2ccon2)S(=O)(=O)c2cc3ccc(=O)n(-c4cc(F)c([C@H]5C[C@@H]5C(F)(F)F)cc4OC)c3cc2F)cc1. The molecule has 6 rings (SSSR count). The number of methoxy groups -OCH3 is 2. The first kappa shape index (κ1) is 31.1. The number of pyridine rings is 1. The number of hydrogen-bond donors (Lipinski definition) is 0. The summed E-state index contributed by atoms with van der Waals surface area (Å²) in [6.07, 6.45) is -3.63. The molecule has 3 aromatic carbocycles. The summed E-state index contributed by atoms with van der Waals surface area (Å²) in [7, 11) is -1.98. The Labute approximate surface area is 258 Å². The molecule has 2 aromatic heterocycles. The summed E-state index contributed by atoms with van der Waals surface area (Å²) < 4.78 is 116. The van der Waals surface area contributed by atoms with Crippen LogP contribution in [0, 0.1) is 17.6 Å². The van der Waals surface area contributed by atoms with Crippen molar-refractivity contribution in [2.45, 2.75) is 30.0 Å². The van der Waals surface area contributed by atoms with Crippen LogP contribution in [0.3, 0.4) is 0 Å². The molecule has 1 fully saturated rings. The molecule has 0 unspecified atom stereocenters. The third-order valence-electron chi connectivity index (χ3n) is 7.83. The lowest BCUT2D eigenvalue weighted by atomic mass is 10.1. The van der Waals surface area contributed by atoms with Gasteiger partial charge in [0, 0.05) is 29.7 Å². The summed E-state index contributed by atoms with van der Waals surface area (Å²) in [6, 6.07) is 13.9. The van der Waals surface area contributed by atoms with Gasteiger partial charge < -0.3 is 14.0 Å². The molecule has 1 aliphatic carbocycles. The number of nitrogens with zero attached hydrogens (tertiary/aromatic N) is 3. The van der Waals surface area contributed by atoms with E-state index < -0.39 is 50.1 Å².